The van der Waals surface area contributed by atoms with Gasteiger partial charge in [0.2, 0.25) is 0 Å². The summed E-state index contributed by atoms with van der Waals surface area (Å²) in [6, 6.07) is 7.44. The molecule has 0 aromatic carbocycles. The van der Waals surface area contributed by atoms with Gasteiger partial charge in [-0.2, -0.15) is 10.5 Å². The normalized spacial score (nSPS) is 9.33. The number of rotatable bonds is 2. The first-order chi connectivity index (χ1) is 5.76. The highest BCUT2D eigenvalue weighted by Crippen LogP contribution is 2.23. The first-order valence-corrected chi connectivity index (χ1v) is 4.49. The van der Waals surface area contributed by atoms with Crippen LogP contribution in [0.1, 0.15) is 4.88 Å². The van der Waals surface area contributed by atoms with Crippen molar-refractivity contribution < 1.29 is 0 Å². The summed E-state index contributed by atoms with van der Waals surface area (Å²) in [5.74, 6) is -0.556. The summed E-state index contributed by atoms with van der Waals surface area (Å²) in [7, 11) is 0. The number of thiophene rings is 1. The Morgan fingerprint density at radius 3 is 2.50 bits per heavy atom. The second-order valence-electron chi connectivity index (χ2n) is 2.22. The van der Waals surface area contributed by atoms with E-state index in [-0.39, 0.29) is 0 Å². The fourth-order valence-electron chi connectivity index (χ4n) is 0.783. The van der Waals surface area contributed by atoms with E-state index in [1.165, 1.54) is 11.3 Å². The zero-order valence-corrected chi connectivity index (χ0v) is 7.69. The van der Waals surface area contributed by atoms with Gasteiger partial charge in [0.1, 0.15) is 5.92 Å². The zero-order chi connectivity index (χ0) is 8.97. The molecular formula is C8H5ClN2S. The number of halogens is 1. The second kappa shape index (κ2) is 4.11. The predicted molar refractivity (Wildman–Crippen MR) is 47.7 cm³/mol. The first-order valence-electron chi connectivity index (χ1n) is 3.29. The van der Waals surface area contributed by atoms with Gasteiger partial charge >= 0.3 is 0 Å². The maximum atomic E-state index is 8.49. The fraction of sp³-hybridized carbons (Fsp3) is 0.250. The quantitative estimate of drug-likeness (QED) is 0.730. The maximum Gasteiger partial charge on any atom is 0.138 e. The molecule has 0 unspecified atom stereocenters. The van der Waals surface area contributed by atoms with Crippen LogP contribution in [0.15, 0.2) is 12.1 Å². The minimum Gasteiger partial charge on any atom is -0.197 e. The molecule has 1 rings (SSSR count). The number of nitrogens with zero attached hydrogens (tertiary/aromatic N) is 2. The topological polar surface area (TPSA) is 47.6 Å². The second-order valence-corrected chi connectivity index (χ2v) is 4.02. The highest BCUT2D eigenvalue weighted by Gasteiger charge is 2.07. The van der Waals surface area contributed by atoms with Crippen LogP contribution in [-0.4, -0.2) is 0 Å². The van der Waals surface area contributed by atoms with E-state index in [2.05, 4.69) is 0 Å². The van der Waals surface area contributed by atoms with Crippen LogP contribution < -0.4 is 0 Å². The average Bonchev–Trinajstić information content (AvgIpc) is 2.47. The molecule has 0 saturated carbocycles. The summed E-state index contributed by atoms with van der Waals surface area (Å²) in [4.78, 5) is 0.980. The van der Waals surface area contributed by atoms with Crippen molar-refractivity contribution in [2.45, 2.75) is 6.42 Å². The minimum absolute atomic E-state index is 0.477. The molecule has 12 heavy (non-hydrogen) atoms. The minimum atomic E-state index is -0.556. The van der Waals surface area contributed by atoms with Gasteiger partial charge in [-0.15, -0.1) is 11.3 Å². The first kappa shape index (κ1) is 9.06. The molecule has 0 amide bonds. The number of hydrogen-bond donors (Lipinski definition) is 0. The van der Waals surface area contributed by atoms with Crippen molar-refractivity contribution in [2.24, 2.45) is 5.92 Å². The van der Waals surface area contributed by atoms with E-state index < -0.39 is 5.92 Å². The summed E-state index contributed by atoms with van der Waals surface area (Å²) < 4.78 is 0.694. The molecule has 0 aliphatic carbocycles. The molecule has 0 N–H and O–H groups in total. The van der Waals surface area contributed by atoms with Crippen LogP contribution >= 0.6 is 22.9 Å². The molecule has 0 atom stereocenters. The molecule has 1 aromatic heterocycles. The lowest BCUT2D eigenvalue weighted by atomic mass is 10.1. The molecule has 0 fully saturated rings. The van der Waals surface area contributed by atoms with Gasteiger partial charge in [-0.1, -0.05) is 11.6 Å². The Morgan fingerprint density at radius 2 is 2.08 bits per heavy atom. The van der Waals surface area contributed by atoms with Crippen molar-refractivity contribution in [1.82, 2.24) is 0 Å². The van der Waals surface area contributed by atoms with Gasteiger partial charge in [0, 0.05) is 11.3 Å². The van der Waals surface area contributed by atoms with Crippen LogP contribution in [0, 0.1) is 28.6 Å². The molecule has 2 nitrogen and oxygen atoms in total. The molecule has 1 aromatic rings. The molecule has 0 radical (unpaired) electrons. The maximum absolute atomic E-state index is 8.49. The molecule has 60 valence electrons. The third-order valence-corrected chi connectivity index (χ3v) is 2.60. The summed E-state index contributed by atoms with van der Waals surface area (Å²) in [6.45, 7) is 0. The Labute approximate surface area is 79.6 Å². The highest BCUT2D eigenvalue weighted by atomic mass is 35.5. The molecule has 4 heteroatoms. The van der Waals surface area contributed by atoms with Gasteiger partial charge < -0.3 is 0 Å². The third-order valence-electron chi connectivity index (χ3n) is 1.35. The lowest BCUT2D eigenvalue weighted by Crippen LogP contribution is -1.95. The zero-order valence-electron chi connectivity index (χ0n) is 6.12. The van der Waals surface area contributed by atoms with Gasteiger partial charge in [0.05, 0.1) is 16.5 Å². The Hall–Kier alpha value is -1.03. The molecule has 0 saturated heterocycles. The van der Waals surface area contributed by atoms with Crippen LogP contribution in [0.5, 0.6) is 0 Å². The van der Waals surface area contributed by atoms with E-state index in [4.69, 9.17) is 22.1 Å². The Bertz CT molecular complexity index is 331. The smallest absolute Gasteiger partial charge is 0.138 e. The predicted octanol–water partition coefficient (Wildman–Crippen LogP) is 2.61. The van der Waals surface area contributed by atoms with Crippen molar-refractivity contribution in [3.63, 3.8) is 0 Å². The Morgan fingerprint density at radius 1 is 1.42 bits per heavy atom. The number of nitriles is 2. The van der Waals surface area contributed by atoms with E-state index in [9.17, 15) is 0 Å². The van der Waals surface area contributed by atoms with E-state index in [1.54, 1.807) is 6.07 Å². The lowest BCUT2D eigenvalue weighted by Gasteiger charge is -1.93. The summed E-state index contributed by atoms with van der Waals surface area (Å²) in [6.07, 6.45) is 0.477. The number of hydrogen-bond acceptors (Lipinski definition) is 3. The third kappa shape index (κ3) is 2.23. The summed E-state index contributed by atoms with van der Waals surface area (Å²) in [5, 5.41) is 17.0. The van der Waals surface area contributed by atoms with Crippen molar-refractivity contribution in [3.8, 4) is 12.1 Å². The monoisotopic (exact) mass is 196 g/mol. The van der Waals surface area contributed by atoms with E-state index in [1.807, 2.05) is 18.2 Å². The molecule has 0 aliphatic rings. The molecular weight excluding hydrogens is 192 g/mol. The largest absolute Gasteiger partial charge is 0.197 e. The SMILES string of the molecule is N#CC(C#N)Cc1ccc(Cl)s1. The van der Waals surface area contributed by atoms with Gasteiger partial charge in [0.15, 0.2) is 0 Å². The highest BCUT2D eigenvalue weighted by molar-refractivity contribution is 7.16. The van der Waals surface area contributed by atoms with Gasteiger partial charge in [0.25, 0.3) is 0 Å². The van der Waals surface area contributed by atoms with Crippen LogP contribution in [0.3, 0.4) is 0 Å². The Kier molecular flexibility index (Phi) is 3.10. The van der Waals surface area contributed by atoms with Gasteiger partial charge in [-0.05, 0) is 12.1 Å². The van der Waals surface area contributed by atoms with Crippen molar-refractivity contribution in [3.05, 3.63) is 21.3 Å². The Balaban J connectivity index is 2.66. The van der Waals surface area contributed by atoms with Gasteiger partial charge in [-0.3, -0.25) is 0 Å². The lowest BCUT2D eigenvalue weighted by molar-refractivity contribution is 0.847. The summed E-state index contributed by atoms with van der Waals surface area (Å²) >= 11 is 7.09. The fourth-order valence-corrected chi connectivity index (χ4v) is 1.92. The van der Waals surface area contributed by atoms with E-state index in [0.29, 0.717) is 10.8 Å². The van der Waals surface area contributed by atoms with Gasteiger partial charge in [-0.25, -0.2) is 0 Å². The van der Waals surface area contributed by atoms with Crippen LogP contribution in [0.25, 0.3) is 0 Å². The summed E-state index contributed by atoms with van der Waals surface area (Å²) in [5.41, 5.74) is 0. The van der Waals surface area contributed by atoms with Crippen LogP contribution in [0.4, 0.5) is 0 Å². The van der Waals surface area contributed by atoms with Crippen molar-refractivity contribution >= 4 is 22.9 Å². The van der Waals surface area contributed by atoms with Crippen LogP contribution in [0.2, 0.25) is 4.34 Å². The van der Waals surface area contributed by atoms with Crippen molar-refractivity contribution in [2.75, 3.05) is 0 Å². The average molecular weight is 197 g/mol. The van der Waals surface area contributed by atoms with Crippen molar-refractivity contribution in [1.29, 1.82) is 10.5 Å². The molecule has 0 bridgehead atoms. The standard InChI is InChI=1S/C8H5ClN2S/c9-8-2-1-7(12-8)3-6(4-10)5-11/h1-2,6H,3H2. The molecule has 1 heterocycles. The van der Waals surface area contributed by atoms with E-state index in [0.717, 1.165) is 4.88 Å². The molecule has 0 spiro atoms. The van der Waals surface area contributed by atoms with Crippen LogP contribution in [-0.2, 0) is 6.42 Å². The molecule has 0 aliphatic heterocycles. The van der Waals surface area contributed by atoms with E-state index >= 15 is 0 Å².